The summed E-state index contributed by atoms with van der Waals surface area (Å²) in [7, 11) is 0. The first kappa shape index (κ1) is 10.5. The smallest absolute Gasteiger partial charge is 0.127 e. The van der Waals surface area contributed by atoms with Gasteiger partial charge in [0.05, 0.1) is 11.6 Å². The fraction of sp³-hybridized carbons (Fsp3) is 0.400. The average molecular weight is 190 g/mol. The zero-order chi connectivity index (χ0) is 10.4. The van der Waals surface area contributed by atoms with Gasteiger partial charge < -0.3 is 11.1 Å². The summed E-state index contributed by atoms with van der Waals surface area (Å²) in [4.78, 5) is 4.08. The summed E-state index contributed by atoms with van der Waals surface area (Å²) in [6.07, 6.45) is 2.53. The highest BCUT2D eigenvalue weighted by Crippen LogP contribution is 2.05. The first-order chi connectivity index (χ1) is 6.76. The Labute approximate surface area is 83.8 Å². The maximum absolute atomic E-state index is 8.66. The highest BCUT2D eigenvalue weighted by molar-refractivity contribution is 5.42. The summed E-state index contributed by atoms with van der Waals surface area (Å²) >= 11 is 0. The van der Waals surface area contributed by atoms with Crippen LogP contribution in [0.4, 0.5) is 5.82 Å². The molecule has 0 bridgehead atoms. The van der Waals surface area contributed by atoms with Crippen molar-refractivity contribution in [2.45, 2.75) is 19.4 Å². The summed E-state index contributed by atoms with van der Waals surface area (Å²) in [5.74, 6) is 0.702. The molecule has 0 saturated heterocycles. The van der Waals surface area contributed by atoms with Gasteiger partial charge in [-0.2, -0.15) is 5.26 Å². The molecule has 0 aliphatic carbocycles. The van der Waals surface area contributed by atoms with E-state index in [9.17, 15) is 0 Å². The summed E-state index contributed by atoms with van der Waals surface area (Å²) in [6.45, 7) is 2.71. The van der Waals surface area contributed by atoms with E-state index in [4.69, 9.17) is 11.0 Å². The monoisotopic (exact) mass is 190 g/mol. The molecule has 0 radical (unpaired) electrons. The van der Waals surface area contributed by atoms with Crippen molar-refractivity contribution in [1.82, 2.24) is 4.98 Å². The number of hydrogen-bond acceptors (Lipinski definition) is 4. The topological polar surface area (TPSA) is 74.7 Å². The van der Waals surface area contributed by atoms with Gasteiger partial charge in [0.15, 0.2) is 0 Å². The Kier molecular flexibility index (Phi) is 3.89. The van der Waals surface area contributed by atoms with Crippen molar-refractivity contribution >= 4 is 5.82 Å². The Bertz CT molecular complexity index is 329. The molecule has 14 heavy (non-hydrogen) atoms. The maximum Gasteiger partial charge on any atom is 0.127 e. The van der Waals surface area contributed by atoms with E-state index in [1.165, 1.54) is 0 Å². The van der Waals surface area contributed by atoms with E-state index >= 15 is 0 Å². The van der Waals surface area contributed by atoms with Gasteiger partial charge in [-0.3, -0.25) is 0 Å². The molecule has 0 saturated carbocycles. The van der Waals surface area contributed by atoms with Crippen LogP contribution in [-0.4, -0.2) is 17.6 Å². The molecule has 1 heterocycles. The first-order valence-corrected chi connectivity index (χ1v) is 4.62. The Morgan fingerprint density at radius 3 is 3.14 bits per heavy atom. The number of nitrogens with zero attached hydrogens (tertiary/aromatic N) is 2. The Morgan fingerprint density at radius 1 is 1.71 bits per heavy atom. The van der Waals surface area contributed by atoms with E-state index in [1.54, 1.807) is 18.3 Å². The molecule has 0 aliphatic heterocycles. The van der Waals surface area contributed by atoms with Crippen molar-refractivity contribution in [3.63, 3.8) is 0 Å². The molecule has 0 aliphatic rings. The summed E-state index contributed by atoms with van der Waals surface area (Å²) in [5.41, 5.74) is 6.34. The van der Waals surface area contributed by atoms with Crippen molar-refractivity contribution in [2.24, 2.45) is 5.73 Å². The third kappa shape index (κ3) is 3.04. The second-order valence-corrected chi connectivity index (χ2v) is 3.09. The molecule has 1 rings (SSSR count). The number of aromatic nitrogens is 1. The fourth-order valence-corrected chi connectivity index (χ4v) is 0.977. The molecule has 1 aromatic rings. The largest absolute Gasteiger partial charge is 0.368 e. The average Bonchev–Trinajstić information content (AvgIpc) is 2.26. The Hall–Kier alpha value is -1.60. The molecular formula is C10H14N4. The standard InChI is InChI=1S/C10H14N4/c1-2-9(12)7-14-10-5-8(6-11)3-4-13-10/h3-5,9H,2,7,12H2,1H3,(H,13,14). The van der Waals surface area contributed by atoms with Crippen LogP contribution in [0.3, 0.4) is 0 Å². The van der Waals surface area contributed by atoms with Crippen molar-refractivity contribution < 1.29 is 0 Å². The van der Waals surface area contributed by atoms with Crippen LogP contribution in [0.25, 0.3) is 0 Å². The lowest BCUT2D eigenvalue weighted by atomic mass is 10.2. The van der Waals surface area contributed by atoms with Gasteiger partial charge in [0.2, 0.25) is 0 Å². The Morgan fingerprint density at radius 2 is 2.50 bits per heavy atom. The summed E-state index contributed by atoms with van der Waals surface area (Å²) < 4.78 is 0. The normalized spacial score (nSPS) is 11.8. The third-order valence-corrected chi connectivity index (χ3v) is 1.96. The minimum atomic E-state index is 0.127. The van der Waals surface area contributed by atoms with Crippen molar-refractivity contribution in [2.75, 3.05) is 11.9 Å². The molecule has 74 valence electrons. The lowest BCUT2D eigenvalue weighted by molar-refractivity contribution is 0.678. The number of nitrogens with two attached hydrogens (primary N) is 1. The fourth-order valence-electron chi connectivity index (χ4n) is 0.977. The molecule has 1 aromatic heterocycles. The first-order valence-electron chi connectivity index (χ1n) is 4.62. The second-order valence-electron chi connectivity index (χ2n) is 3.09. The van der Waals surface area contributed by atoms with E-state index in [-0.39, 0.29) is 6.04 Å². The van der Waals surface area contributed by atoms with E-state index < -0.39 is 0 Å². The zero-order valence-electron chi connectivity index (χ0n) is 8.20. The van der Waals surface area contributed by atoms with Gasteiger partial charge in [0.25, 0.3) is 0 Å². The molecule has 0 spiro atoms. The highest BCUT2D eigenvalue weighted by atomic mass is 15.0. The number of pyridine rings is 1. The van der Waals surface area contributed by atoms with Crippen LogP contribution in [0.5, 0.6) is 0 Å². The second kappa shape index (κ2) is 5.20. The number of hydrogen-bond donors (Lipinski definition) is 2. The maximum atomic E-state index is 8.66. The van der Waals surface area contributed by atoms with Crippen molar-refractivity contribution in [3.8, 4) is 6.07 Å². The number of rotatable bonds is 4. The van der Waals surface area contributed by atoms with Crippen LogP contribution in [0.15, 0.2) is 18.3 Å². The summed E-state index contributed by atoms with van der Waals surface area (Å²) in [5, 5.41) is 11.7. The molecule has 1 atom stereocenters. The predicted molar refractivity (Wildman–Crippen MR) is 55.7 cm³/mol. The van der Waals surface area contributed by atoms with Crippen LogP contribution < -0.4 is 11.1 Å². The van der Waals surface area contributed by atoms with Gasteiger partial charge in [0.1, 0.15) is 5.82 Å². The highest BCUT2D eigenvalue weighted by Gasteiger charge is 1.99. The van der Waals surface area contributed by atoms with E-state index in [2.05, 4.69) is 16.4 Å². The van der Waals surface area contributed by atoms with Gasteiger partial charge in [-0.15, -0.1) is 0 Å². The number of anilines is 1. The van der Waals surface area contributed by atoms with E-state index in [0.717, 1.165) is 6.42 Å². The van der Waals surface area contributed by atoms with Crippen LogP contribution in [0.2, 0.25) is 0 Å². The third-order valence-electron chi connectivity index (χ3n) is 1.96. The van der Waals surface area contributed by atoms with E-state index in [1.807, 2.05) is 6.92 Å². The molecule has 4 nitrogen and oxygen atoms in total. The van der Waals surface area contributed by atoms with Crippen molar-refractivity contribution in [1.29, 1.82) is 5.26 Å². The van der Waals surface area contributed by atoms with E-state index in [0.29, 0.717) is 17.9 Å². The number of nitrogens with one attached hydrogen (secondary N) is 1. The number of nitriles is 1. The van der Waals surface area contributed by atoms with Gasteiger partial charge >= 0.3 is 0 Å². The lowest BCUT2D eigenvalue weighted by Gasteiger charge is -2.10. The van der Waals surface area contributed by atoms with Gasteiger partial charge in [-0.05, 0) is 18.6 Å². The van der Waals surface area contributed by atoms with Gasteiger partial charge in [0, 0.05) is 18.8 Å². The van der Waals surface area contributed by atoms with Crippen LogP contribution >= 0.6 is 0 Å². The van der Waals surface area contributed by atoms with Gasteiger partial charge in [-0.1, -0.05) is 6.92 Å². The van der Waals surface area contributed by atoms with Crippen LogP contribution in [-0.2, 0) is 0 Å². The van der Waals surface area contributed by atoms with Crippen LogP contribution in [0, 0.1) is 11.3 Å². The minimum absolute atomic E-state index is 0.127. The molecule has 3 N–H and O–H groups in total. The molecule has 0 aromatic carbocycles. The van der Waals surface area contributed by atoms with Gasteiger partial charge in [-0.25, -0.2) is 4.98 Å². The molecule has 1 unspecified atom stereocenters. The molecule has 0 fully saturated rings. The predicted octanol–water partition coefficient (Wildman–Crippen LogP) is 1.10. The summed E-state index contributed by atoms with van der Waals surface area (Å²) in [6, 6.07) is 5.57. The van der Waals surface area contributed by atoms with Crippen molar-refractivity contribution in [3.05, 3.63) is 23.9 Å². The van der Waals surface area contributed by atoms with Crippen LogP contribution in [0.1, 0.15) is 18.9 Å². The quantitative estimate of drug-likeness (QED) is 0.745. The molecular weight excluding hydrogens is 176 g/mol. The zero-order valence-corrected chi connectivity index (χ0v) is 8.20. The minimum Gasteiger partial charge on any atom is -0.368 e. The molecule has 4 heteroatoms. The Balaban J connectivity index is 2.55. The molecule has 0 amide bonds. The lowest BCUT2D eigenvalue weighted by Crippen LogP contribution is -2.28. The SMILES string of the molecule is CCC(N)CNc1cc(C#N)ccn1.